The predicted octanol–water partition coefficient (Wildman–Crippen LogP) is 3.70. The van der Waals surface area contributed by atoms with E-state index in [0.717, 1.165) is 6.42 Å². The van der Waals surface area contributed by atoms with Gasteiger partial charge < -0.3 is 5.11 Å². The fraction of sp³-hybridized carbons (Fsp3) is 0.733. The van der Waals surface area contributed by atoms with E-state index in [-0.39, 0.29) is 6.61 Å². The predicted molar refractivity (Wildman–Crippen MR) is 68.2 cm³/mol. The molecule has 0 aromatic rings. The number of rotatable bonds is 1. The third-order valence-electron chi connectivity index (χ3n) is 4.57. The Morgan fingerprint density at radius 2 is 2.19 bits per heavy atom. The molecule has 0 heterocycles. The molecule has 0 amide bonds. The fourth-order valence-electron chi connectivity index (χ4n) is 3.38. The lowest BCUT2D eigenvalue weighted by atomic mass is 9.65. The third-order valence-corrected chi connectivity index (χ3v) is 4.57. The molecule has 2 aliphatic rings. The van der Waals surface area contributed by atoms with Gasteiger partial charge in [-0.25, -0.2) is 0 Å². The molecule has 0 spiro atoms. The molecule has 2 rings (SSSR count). The van der Waals surface area contributed by atoms with Crippen molar-refractivity contribution in [3.63, 3.8) is 0 Å². The summed E-state index contributed by atoms with van der Waals surface area (Å²) in [5.41, 5.74) is 3.20. The average molecular weight is 220 g/mol. The molecule has 0 saturated carbocycles. The van der Waals surface area contributed by atoms with Crippen molar-refractivity contribution in [1.29, 1.82) is 0 Å². The normalized spacial score (nSPS) is 33.5. The summed E-state index contributed by atoms with van der Waals surface area (Å²) in [6.07, 6.45) is 9.59. The lowest BCUT2D eigenvalue weighted by Gasteiger charge is -2.40. The van der Waals surface area contributed by atoms with Crippen LogP contribution >= 0.6 is 0 Å². The molecule has 0 saturated heterocycles. The van der Waals surface area contributed by atoms with Gasteiger partial charge in [0.1, 0.15) is 0 Å². The maximum absolute atomic E-state index is 9.30. The van der Waals surface area contributed by atoms with Crippen molar-refractivity contribution in [2.24, 2.45) is 17.3 Å². The van der Waals surface area contributed by atoms with E-state index in [9.17, 15) is 5.11 Å². The first-order valence-electron chi connectivity index (χ1n) is 6.51. The van der Waals surface area contributed by atoms with Gasteiger partial charge in [0.05, 0.1) is 6.61 Å². The Bertz CT molecular complexity index is 322. The highest BCUT2D eigenvalue weighted by Crippen LogP contribution is 2.47. The van der Waals surface area contributed by atoms with Crippen molar-refractivity contribution in [2.45, 2.75) is 46.5 Å². The van der Waals surface area contributed by atoms with Crippen LogP contribution in [0.4, 0.5) is 0 Å². The Kier molecular flexibility index (Phi) is 3.25. The van der Waals surface area contributed by atoms with Crippen molar-refractivity contribution in [3.8, 4) is 0 Å². The largest absolute Gasteiger partial charge is 0.392 e. The summed E-state index contributed by atoms with van der Waals surface area (Å²) in [7, 11) is 0. The van der Waals surface area contributed by atoms with E-state index < -0.39 is 0 Å². The van der Waals surface area contributed by atoms with Gasteiger partial charge in [-0.2, -0.15) is 0 Å². The molecule has 1 heteroatoms. The Balaban J connectivity index is 2.34. The first-order chi connectivity index (χ1) is 7.54. The highest BCUT2D eigenvalue weighted by atomic mass is 16.3. The lowest BCUT2D eigenvalue weighted by Crippen LogP contribution is -2.31. The number of hydrogen-bond donors (Lipinski definition) is 1. The van der Waals surface area contributed by atoms with Crippen LogP contribution in [0.3, 0.4) is 0 Å². The molecule has 2 unspecified atom stereocenters. The summed E-state index contributed by atoms with van der Waals surface area (Å²) in [4.78, 5) is 0. The van der Waals surface area contributed by atoms with Gasteiger partial charge in [-0.05, 0) is 55.4 Å². The molecule has 16 heavy (non-hydrogen) atoms. The van der Waals surface area contributed by atoms with Crippen LogP contribution in [-0.4, -0.2) is 11.7 Å². The second-order valence-electron chi connectivity index (χ2n) is 6.13. The van der Waals surface area contributed by atoms with E-state index in [1.165, 1.54) is 24.8 Å². The van der Waals surface area contributed by atoms with E-state index in [1.54, 1.807) is 5.57 Å². The summed E-state index contributed by atoms with van der Waals surface area (Å²) >= 11 is 0. The van der Waals surface area contributed by atoms with Gasteiger partial charge in [-0.3, -0.25) is 0 Å². The SMILES string of the molecule is CC1=CCCC(C)(C)C2C=C(CO)CCC12. The van der Waals surface area contributed by atoms with Crippen molar-refractivity contribution in [2.75, 3.05) is 6.61 Å². The van der Waals surface area contributed by atoms with Crippen LogP contribution in [0, 0.1) is 17.3 Å². The summed E-state index contributed by atoms with van der Waals surface area (Å²) in [5.74, 6) is 1.34. The van der Waals surface area contributed by atoms with Crippen molar-refractivity contribution in [3.05, 3.63) is 23.3 Å². The Hall–Kier alpha value is -0.560. The molecule has 1 nitrogen and oxygen atoms in total. The summed E-state index contributed by atoms with van der Waals surface area (Å²) < 4.78 is 0. The maximum Gasteiger partial charge on any atom is 0.0641 e. The van der Waals surface area contributed by atoms with Crippen molar-refractivity contribution < 1.29 is 5.11 Å². The summed E-state index contributed by atoms with van der Waals surface area (Å²) in [6.45, 7) is 7.31. The average Bonchev–Trinajstić information content (AvgIpc) is 2.37. The molecule has 90 valence electrons. The minimum absolute atomic E-state index is 0.252. The van der Waals surface area contributed by atoms with Gasteiger partial charge in [0.2, 0.25) is 0 Å². The van der Waals surface area contributed by atoms with Gasteiger partial charge in [0.15, 0.2) is 0 Å². The van der Waals surface area contributed by atoms with Gasteiger partial charge in [-0.15, -0.1) is 0 Å². The number of aliphatic hydroxyl groups excluding tert-OH is 1. The van der Waals surface area contributed by atoms with Crippen LogP contribution in [-0.2, 0) is 0 Å². The summed E-state index contributed by atoms with van der Waals surface area (Å²) in [6, 6.07) is 0. The number of aliphatic hydroxyl groups is 1. The highest BCUT2D eigenvalue weighted by Gasteiger charge is 2.37. The van der Waals surface area contributed by atoms with E-state index in [2.05, 4.69) is 32.9 Å². The Morgan fingerprint density at radius 1 is 1.44 bits per heavy atom. The standard InChI is InChI=1S/C15H24O/c1-11-5-4-8-15(2,3)14-9-12(10-16)6-7-13(11)14/h5,9,13-14,16H,4,6-8,10H2,1-3H3. The van der Waals surface area contributed by atoms with E-state index in [4.69, 9.17) is 0 Å². The molecule has 0 aliphatic heterocycles. The van der Waals surface area contributed by atoms with E-state index >= 15 is 0 Å². The molecule has 1 N–H and O–H groups in total. The minimum Gasteiger partial charge on any atom is -0.392 e. The van der Waals surface area contributed by atoms with Crippen molar-refractivity contribution >= 4 is 0 Å². The maximum atomic E-state index is 9.30. The first-order valence-corrected chi connectivity index (χ1v) is 6.51. The molecular weight excluding hydrogens is 196 g/mol. The van der Waals surface area contributed by atoms with Gasteiger partial charge >= 0.3 is 0 Å². The van der Waals surface area contributed by atoms with Gasteiger partial charge in [0, 0.05) is 0 Å². The van der Waals surface area contributed by atoms with Crippen LogP contribution in [0.25, 0.3) is 0 Å². The Labute approximate surface area is 99.3 Å². The van der Waals surface area contributed by atoms with Crippen LogP contribution in [0.1, 0.15) is 46.5 Å². The second-order valence-corrected chi connectivity index (χ2v) is 6.13. The van der Waals surface area contributed by atoms with Crippen molar-refractivity contribution in [1.82, 2.24) is 0 Å². The van der Waals surface area contributed by atoms with Gasteiger partial charge in [0.25, 0.3) is 0 Å². The summed E-state index contributed by atoms with van der Waals surface area (Å²) in [5, 5.41) is 9.30. The second kappa shape index (κ2) is 4.37. The monoisotopic (exact) mass is 220 g/mol. The highest BCUT2D eigenvalue weighted by molar-refractivity contribution is 5.21. The van der Waals surface area contributed by atoms with E-state index in [0.29, 0.717) is 17.3 Å². The van der Waals surface area contributed by atoms with Crippen LogP contribution in [0.5, 0.6) is 0 Å². The van der Waals surface area contributed by atoms with Gasteiger partial charge in [-0.1, -0.05) is 31.6 Å². The zero-order valence-electron chi connectivity index (χ0n) is 10.8. The molecule has 2 atom stereocenters. The van der Waals surface area contributed by atoms with Crippen LogP contribution in [0.15, 0.2) is 23.3 Å². The van der Waals surface area contributed by atoms with Crippen LogP contribution in [0.2, 0.25) is 0 Å². The molecule has 0 fully saturated rings. The zero-order valence-corrected chi connectivity index (χ0v) is 10.8. The number of allylic oxidation sites excluding steroid dienone is 3. The molecule has 0 aromatic heterocycles. The lowest BCUT2D eigenvalue weighted by molar-refractivity contribution is 0.177. The fourth-order valence-corrected chi connectivity index (χ4v) is 3.38. The number of hydrogen-bond acceptors (Lipinski definition) is 1. The topological polar surface area (TPSA) is 20.2 Å². The first kappa shape index (κ1) is 11.9. The quantitative estimate of drug-likeness (QED) is 0.668. The smallest absolute Gasteiger partial charge is 0.0641 e. The van der Waals surface area contributed by atoms with E-state index in [1.807, 2.05) is 0 Å². The third kappa shape index (κ3) is 2.10. The minimum atomic E-state index is 0.252. The number of fused-ring (bicyclic) bond motifs is 1. The van der Waals surface area contributed by atoms with Crippen LogP contribution < -0.4 is 0 Å². The molecule has 2 aliphatic carbocycles. The molecule has 0 aromatic carbocycles. The Morgan fingerprint density at radius 3 is 2.88 bits per heavy atom. The zero-order chi connectivity index (χ0) is 11.8. The molecule has 0 radical (unpaired) electrons. The molecular formula is C15H24O. The molecule has 0 bridgehead atoms.